The van der Waals surface area contributed by atoms with Gasteiger partial charge >= 0.3 is 0 Å². The van der Waals surface area contributed by atoms with Crippen LogP contribution in [0.2, 0.25) is 5.02 Å². The fraction of sp³-hybridized carbons (Fsp3) is 0.263. The lowest BCUT2D eigenvalue weighted by Gasteiger charge is -2.20. The van der Waals surface area contributed by atoms with Crippen LogP contribution in [0.5, 0.6) is 0 Å². The summed E-state index contributed by atoms with van der Waals surface area (Å²) in [7, 11) is -3.71. The van der Waals surface area contributed by atoms with E-state index in [1.165, 1.54) is 6.07 Å². The van der Waals surface area contributed by atoms with Crippen LogP contribution in [0.3, 0.4) is 0 Å². The number of amidine groups is 1. The fourth-order valence-corrected chi connectivity index (χ4v) is 4.24. The van der Waals surface area contributed by atoms with Gasteiger partial charge in [-0.25, -0.2) is 0 Å². The van der Waals surface area contributed by atoms with Crippen molar-refractivity contribution in [1.29, 1.82) is 0 Å². The molecule has 3 rings (SSSR count). The number of hydrogen-bond acceptors (Lipinski definition) is 4. The minimum atomic E-state index is -3.71. The molecule has 0 fully saturated rings. The molecule has 2 N–H and O–H groups in total. The lowest BCUT2D eigenvalue weighted by Crippen LogP contribution is -2.27. The number of nitrogens with one attached hydrogen (secondary N) is 2. The highest BCUT2D eigenvalue weighted by Crippen LogP contribution is 2.28. The zero-order valence-corrected chi connectivity index (χ0v) is 16.3. The first-order chi connectivity index (χ1) is 12.8. The van der Waals surface area contributed by atoms with Crippen molar-refractivity contribution in [1.82, 2.24) is 5.32 Å². The fourth-order valence-electron chi connectivity index (χ4n) is 2.88. The summed E-state index contributed by atoms with van der Waals surface area (Å²) in [4.78, 5) is 12.3. The summed E-state index contributed by atoms with van der Waals surface area (Å²) < 4.78 is 28.4. The second-order valence-corrected chi connectivity index (χ2v) is 8.50. The second-order valence-electron chi connectivity index (χ2n) is 6.52. The van der Waals surface area contributed by atoms with E-state index in [9.17, 15) is 13.2 Å². The predicted octanol–water partition coefficient (Wildman–Crippen LogP) is 3.59. The molecular formula is C19H20ClN3O3S. The minimum absolute atomic E-state index is 0.0806. The standard InChI is InChI=1S/C19H20ClN3O3S/c1-13(11-19(24)21-12-14-6-2-3-7-15(14)20)10-18-22-16-8-4-5-9-17(16)27(25,26)23-18/h2-9,13H,10-12H2,1H3,(H,21,24)(H,22,23). The molecule has 142 valence electrons. The summed E-state index contributed by atoms with van der Waals surface area (Å²) in [6.07, 6.45) is 0.611. The molecule has 0 saturated heterocycles. The van der Waals surface area contributed by atoms with Gasteiger partial charge in [0.25, 0.3) is 10.0 Å². The zero-order valence-electron chi connectivity index (χ0n) is 14.8. The molecule has 1 amide bonds. The normalized spacial score (nSPS) is 15.9. The molecular weight excluding hydrogens is 386 g/mol. The third-order valence-electron chi connectivity index (χ3n) is 4.18. The Balaban J connectivity index is 1.56. The molecule has 6 nitrogen and oxygen atoms in total. The number of nitrogens with zero attached hydrogens (tertiary/aromatic N) is 1. The molecule has 0 aliphatic carbocycles. The molecule has 0 bridgehead atoms. The third-order valence-corrected chi connectivity index (χ3v) is 5.93. The van der Waals surface area contributed by atoms with Gasteiger partial charge in [-0.1, -0.05) is 48.9 Å². The summed E-state index contributed by atoms with van der Waals surface area (Å²) in [5.41, 5.74) is 1.36. The molecule has 1 aliphatic rings. The van der Waals surface area contributed by atoms with E-state index < -0.39 is 10.0 Å². The quantitative estimate of drug-likeness (QED) is 0.768. The predicted molar refractivity (Wildman–Crippen MR) is 106 cm³/mol. The van der Waals surface area contributed by atoms with Gasteiger partial charge in [-0.15, -0.1) is 4.40 Å². The van der Waals surface area contributed by atoms with E-state index in [2.05, 4.69) is 15.0 Å². The summed E-state index contributed by atoms with van der Waals surface area (Å²) in [6, 6.07) is 14.0. The van der Waals surface area contributed by atoms with Crippen LogP contribution >= 0.6 is 11.6 Å². The third kappa shape index (κ3) is 4.87. The van der Waals surface area contributed by atoms with Crippen molar-refractivity contribution in [3.8, 4) is 0 Å². The molecule has 2 aromatic carbocycles. The summed E-state index contributed by atoms with van der Waals surface area (Å²) in [6.45, 7) is 2.23. The summed E-state index contributed by atoms with van der Waals surface area (Å²) in [5.74, 6) is 0.144. The average Bonchev–Trinajstić information content (AvgIpc) is 2.60. The first-order valence-electron chi connectivity index (χ1n) is 8.55. The van der Waals surface area contributed by atoms with Crippen molar-refractivity contribution < 1.29 is 13.2 Å². The maximum absolute atomic E-state index is 12.3. The lowest BCUT2D eigenvalue weighted by atomic mass is 10.0. The van der Waals surface area contributed by atoms with Gasteiger partial charge in [-0.3, -0.25) is 4.79 Å². The number of halogens is 1. The van der Waals surface area contributed by atoms with Gasteiger partial charge < -0.3 is 10.6 Å². The molecule has 0 radical (unpaired) electrons. The Kier molecular flexibility index (Phi) is 5.82. The van der Waals surface area contributed by atoms with Crippen molar-refractivity contribution in [2.24, 2.45) is 10.3 Å². The smallest absolute Gasteiger partial charge is 0.286 e. The van der Waals surface area contributed by atoms with Gasteiger partial charge in [-0.2, -0.15) is 8.42 Å². The monoisotopic (exact) mass is 405 g/mol. The number of hydrogen-bond donors (Lipinski definition) is 2. The van der Waals surface area contributed by atoms with Gasteiger partial charge in [0, 0.05) is 24.4 Å². The van der Waals surface area contributed by atoms with Crippen LogP contribution in [-0.4, -0.2) is 20.2 Å². The Morgan fingerprint density at radius 1 is 1.19 bits per heavy atom. The van der Waals surface area contributed by atoms with Crippen molar-refractivity contribution in [2.45, 2.75) is 31.2 Å². The Labute approximate surface area is 163 Å². The van der Waals surface area contributed by atoms with Crippen molar-refractivity contribution in [3.63, 3.8) is 0 Å². The molecule has 1 aliphatic heterocycles. The van der Waals surface area contributed by atoms with Gasteiger partial charge in [0.1, 0.15) is 10.7 Å². The number of sulfonamides is 1. The molecule has 1 unspecified atom stereocenters. The number of carbonyl (C=O) groups is 1. The van der Waals surface area contributed by atoms with E-state index in [0.29, 0.717) is 29.5 Å². The topological polar surface area (TPSA) is 87.6 Å². The SMILES string of the molecule is CC(CC(=O)NCc1ccccc1Cl)CC1=NS(=O)(=O)c2ccccc2N1. The Morgan fingerprint density at radius 2 is 1.89 bits per heavy atom. The molecule has 0 aromatic heterocycles. The first kappa shape index (κ1) is 19.4. The molecule has 2 aromatic rings. The van der Waals surface area contributed by atoms with E-state index >= 15 is 0 Å². The Hall–Kier alpha value is -2.38. The second kappa shape index (κ2) is 8.10. The van der Waals surface area contributed by atoms with E-state index in [1.807, 2.05) is 25.1 Å². The van der Waals surface area contributed by atoms with Crippen LogP contribution in [0.1, 0.15) is 25.3 Å². The van der Waals surface area contributed by atoms with Gasteiger partial charge in [0.05, 0.1) is 5.69 Å². The van der Waals surface area contributed by atoms with E-state index in [0.717, 1.165) is 5.56 Å². The molecule has 1 heterocycles. The number of carbonyl (C=O) groups excluding carboxylic acids is 1. The Bertz CT molecular complexity index is 989. The molecule has 0 spiro atoms. The molecule has 0 saturated carbocycles. The highest BCUT2D eigenvalue weighted by molar-refractivity contribution is 7.90. The van der Waals surface area contributed by atoms with Crippen LogP contribution < -0.4 is 10.6 Å². The largest absolute Gasteiger partial charge is 0.352 e. The lowest BCUT2D eigenvalue weighted by molar-refractivity contribution is -0.122. The molecule has 8 heteroatoms. The highest BCUT2D eigenvalue weighted by Gasteiger charge is 2.25. The first-order valence-corrected chi connectivity index (χ1v) is 10.4. The van der Waals surface area contributed by atoms with Crippen LogP contribution in [-0.2, 0) is 21.4 Å². The van der Waals surface area contributed by atoms with Crippen LogP contribution in [0, 0.1) is 5.92 Å². The number of fused-ring (bicyclic) bond motifs is 1. The van der Waals surface area contributed by atoms with E-state index in [-0.39, 0.29) is 23.1 Å². The number of anilines is 1. The summed E-state index contributed by atoms with van der Waals surface area (Å²) in [5, 5.41) is 6.49. The minimum Gasteiger partial charge on any atom is -0.352 e. The van der Waals surface area contributed by atoms with E-state index in [4.69, 9.17) is 11.6 Å². The molecule has 27 heavy (non-hydrogen) atoms. The zero-order chi connectivity index (χ0) is 19.4. The van der Waals surface area contributed by atoms with Crippen molar-refractivity contribution in [2.75, 3.05) is 5.32 Å². The van der Waals surface area contributed by atoms with Crippen molar-refractivity contribution >= 4 is 39.1 Å². The Morgan fingerprint density at radius 3 is 2.67 bits per heavy atom. The number of rotatable bonds is 6. The van der Waals surface area contributed by atoms with Crippen molar-refractivity contribution in [3.05, 3.63) is 59.1 Å². The maximum Gasteiger partial charge on any atom is 0.286 e. The van der Waals surface area contributed by atoms with Gasteiger partial charge in [0.2, 0.25) is 5.91 Å². The van der Waals surface area contributed by atoms with Gasteiger partial charge in [-0.05, 0) is 29.7 Å². The highest BCUT2D eigenvalue weighted by atomic mass is 35.5. The molecule has 1 atom stereocenters. The number of benzene rings is 2. The number of para-hydroxylation sites is 1. The maximum atomic E-state index is 12.3. The average molecular weight is 406 g/mol. The summed E-state index contributed by atoms with van der Waals surface area (Å²) >= 11 is 6.08. The van der Waals surface area contributed by atoms with Crippen LogP contribution in [0.25, 0.3) is 0 Å². The van der Waals surface area contributed by atoms with E-state index in [1.54, 1.807) is 24.3 Å². The van der Waals surface area contributed by atoms with Gasteiger partial charge in [0.15, 0.2) is 0 Å². The number of amides is 1. The van der Waals surface area contributed by atoms with Crippen LogP contribution in [0.15, 0.2) is 57.8 Å². The van der Waals surface area contributed by atoms with Crippen LogP contribution in [0.4, 0.5) is 5.69 Å².